The highest BCUT2D eigenvalue weighted by atomic mass is 16.5. The number of fused-ring (bicyclic) bond motifs is 1. The molecule has 120 valence electrons. The number of aryl methyl sites for hydroxylation is 2. The lowest BCUT2D eigenvalue weighted by Crippen LogP contribution is -1.99. The number of aromatic nitrogens is 2. The molecule has 0 aliphatic heterocycles. The molecule has 3 aromatic rings. The largest absolute Gasteiger partial charge is 0.497 e. The van der Waals surface area contributed by atoms with E-state index in [2.05, 4.69) is 29.0 Å². The van der Waals surface area contributed by atoms with Crippen molar-refractivity contribution >= 4 is 10.9 Å². The van der Waals surface area contributed by atoms with Gasteiger partial charge in [-0.05, 0) is 68.1 Å². The molecule has 0 saturated carbocycles. The molecule has 0 saturated heterocycles. The third-order valence-electron chi connectivity index (χ3n) is 4.22. The number of ether oxygens (including phenoxy) is 1. The highest BCUT2D eigenvalue weighted by Gasteiger charge is 2.16. The zero-order valence-electron chi connectivity index (χ0n) is 13.7. The molecule has 3 N–H and O–H groups in total. The first-order valence-corrected chi connectivity index (χ1v) is 8.05. The van der Waals surface area contributed by atoms with Crippen molar-refractivity contribution in [1.29, 1.82) is 0 Å². The van der Waals surface area contributed by atoms with Crippen molar-refractivity contribution in [3.63, 3.8) is 0 Å². The van der Waals surface area contributed by atoms with E-state index in [0.29, 0.717) is 0 Å². The van der Waals surface area contributed by atoms with Crippen molar-refractivity contribution in [3.05, 3.63) is 47.7 Å². The smallest absolute Gasteiger partial charge is 0.119 e. The van der Waals surface area contributed by atoms with Crippen molar-refractivity contribution in [2.75, 3.05) is 13.7 Å². The van der Waals surface area contributed by atoms with Crippen molar-refractivity contribution < 1.29 is 4.74 Å². The van der Waals surface area contributed by atoms with Gasteiger partial charge in [0.2, 0.25) is 0 Å². The normalized spacial score (nSPS) is 11.1. The van der Waals surface area contributed by atoms with Gasteiger partial charge in [0, 0.05) is 17.1 Å². The van der Waals surface area contributed by atoms with Crippen LogP contribution in [0.2, 0.25) is 0 Å². The summed E-state index contributed by atoms with van der Waals surface area (Å²) in [5.41, 5.74) is 11.4. The highest BCUT2D eigenvalue weighted by molar-refractivity contribution is 5.93. The Kier molecular flexibility index (Phi) is 4.63. The fourth-order valence-corrected chi connectivity index (χ4v) is 3.05. The fraction of sp³-hybridized carbons (Fsp3) is 0.316. The van der Waals surface area contributed by atoms with Gasteiger partial charge in [-0.3, -0.25) is 4.98 Å². The van der Waals surface area contributed by atoms with Gasteiger partial charge in [-0.1, -0.05) is 6.07 Å². The number of hydrogen-bond donors (Lipinski definition) is 2. The summed E-state index contributed by atoms with van der Waals surface area (Å²) in [6.45, 7) is 2.83. The summed E-state index contributed by atoms with van der Waals surface area (Å²) in [4.78, 5) is 8.10. The molecule has 1 aromatic carbocycles. The van der Waals surface area contributed by atoms with Crippen molar-refractivity contribution in [3.8, 4) is 17.1 Å². The van der Waals surface area contributed by atoms with Crippen molar-refractivity contribution in [2.45, 2.75) is 26.2 Å². The number of benzene rings is 1. The number of rotatable bonds is 6. The van der Waals surface area contributed by atoms with Crippen molar-refractivity contribution in [2.24, 2.45) is 5.73 Å². The maximum absolute atomic E-state index is 5.66. The van der Waals surface area contributed by atoms with Crippen LogP contribution in [0.5, 0.6) is 5.75 Å². The highest BCUT2D eigenvalue weighted by Crippen LogP contribution is 2.34. The van der Waals surface area contributed by atoms with E-state index in [-0.39, 0.29) is 0 Å². The van der Waals surface area contributed by atoms with Gasteiger partial charge in [0.15, 0.2) is 0 Å². The second-order valence-electron chi connectivity index (χ2n) is 5.81. The van der Waals surface area contributed by atoms with E-state index in [4.69, 9.17) is 10.5 Å². The summed E-state index contributed by atoms with van der Waals surface area (Å²) in [5.74, 6) is 0.890. The van der Waals surface area contributed by atoms with Gasteiger partial charge in [0.25, 0.3) is 0 Å². The average Bonchev–Trinajstić information content (AvgIpc) is 2.95. The van der Waals surface area contributed by atoms with E-state index in [9.17, 15) is 0 Å². The fourth-order valence-electron chi connectivity index (χ4n) is 3.05. The number of nitrogens with one attached hydrogen (secondary N) is 1. The lowest BCUT2D eigenvalue weighted by molar-refractivity contribution is 0.415. The lowest BCUT2D eigenvalue weighted by Gasteiger charge is -2.06. The summed E-state index contributed by atoms with van der Waals surface area (Å²) < 4.78 is 5.45. The molecule has 0 aliphatic carbocycles. The number of nitrogens with zero attached hydrogens (tertiary/aromatic N) is 1. The van der Waals surface area contributed by atoms with Crippen LogP contribution in [-0.4, -0.2) is 23.6 Å². The van der Waals surface area contributed by atoms with Crippen LogP contribution < -0.4 is 10.5 Å². The van der Waals surface area contributed by atoms with Crippen molar-refractivity contribution in [1.82, 2.24) is 9.97 Å². The molecule has 0 amide bonds. The van der Waals surface area contributed by atoms with E-state index in [0.717, 1.165) is 48.5 Å². The van der Waals surface area contributed by atoms with Crippen LogP contribution in [-0.2, 0) is 6.42 Å². The first-order valence-electron chi connectivity index (χ1n) is 8.05. The third-order valence-corrected chi connectivity index (χ3v) is 4.22. The summed E-state index contributed by atoms with van der Waals surface area (Å²) >= 11 is 0. The third kappa shape index (κ3) is 3.08. The molecule has 0 radical (unpaired) electrons. The van der Waals surface area contributed by atoms with Crippen LogP contribution in [0.1, 0.15) is 24.0 Å². The Bertz CT molecular complexity index is 793. The van der Waals surface area contributed by atoms with Crippen LogP contribution in [0.3, 0.4) is 0 Å². The number of methoxy groups -OCH3 is 1. The van der Waals surface area contributed by atoms with Gasteiger partial charge >= 0.3 is 0 Å². The van der Waals surface area contributed by atoms with Gasteiger partial charge in [-0.25, -0.2) is 0 Å². The monoisotopic (exact) mass is 309 g/mol. The van der Waals surface area contributed by atoms with E-state index < -0.39 is 0 Å². The molecule has 0 bridgehead atoms. The predicted octanol–water partition coefficient (Wildman–Crippen LogP) is 3.83. The molecule has 0 spiro atoms. The molecule has 23 heavy (non-hydrogen) atoms. The summed E-state index contributed by atoms with van der Waals surface area (Å²) in [6, 6.07) is 10.2. The number of H-pyrrole nitrogens is 1. The van der Waals surface area contributed by atoms with Gasteiger partial charge < -0.3 is 15.5 Å². The molecule has 3 rings (SSSR count). The summed E-state index contributed by atoms with van der Waals surface area (Å²) in [5, 5.41) is 1.22. The number of pyridine rings is 1. The van der Waals surface area contributed by atoms with E-state index >= 15 is 0 Å². The van der Waals surface area contributed by atoms with Crippen LogP contribution in [0.4, 0.5) is 0 Å². The quantitative estimate of drug-likeness (QED) is 0.680. The van der Waals surface area contributed by atoms with Gasteiger partial charge in [0.1, 0.15) is 5.75 Å². The predicted molar refractivity (Wildman–Crippen MR) is 94.8 cm³/mol. The molecule has 0 unspecified atom stereocenters. The van der Waals surface area contributed by atoms with E-state index in [1.165, 1.54) is 16.5 Å². The van der Waals surface area contributed by atoms with Gasteiger partial charge in [-0.15, -0.1) is 0 Å². The minimum absolute atomic E-state index is 0.726. The number of unbranched alkanes of at least 4 members (excludes halogenated alkanes) is 1. The minimum atomic E-state index is 0.726. The second kappa shape index (κ2) is 6.84. The molecular formula is C19H23N3O. The second-order valence-corrected chi connectivity index (χ2v) is 5.81. The molecule has 4 nitrogen and oxygen atoms in total. The Morgan fingerprint density at radius 3 is 2.78 bits per heavy atom. The number of nitrogens with two attached hydrogens (primary N) is 1. The standard InChI is InChI=1S/C19H23N3O/c1-13-11-14(23-2)12-16-15(7-3-5-9-20)19(22-18(13)16)17-8-4-6-10-21-17/h4,6,8,10-12,22H,3,5,7,9,20H2,1-2H3. The molecule has 0 atom stereocenters. The van der Waals surface area contributed by atoms with Gasteiger partial charge in [0.05, 0.1) is 18.5 Å². The van der Waals surface area contributed by atoms with Gasteiger partial charge in [-0.2, -0.15) is 0 Å². The summed E-state index contributed by atoms with van der Waals surface area (Å²) in [6.07, 6.45) is 4.91. The Balaban J connectivity index is 2.17. The molecule has 0 fully saturated rings. The molecular weight excluding hydrogens is 286 g/mol. The van der Waals surface area contributed by atoms with Crippen LogP contribution >= 0.6 is 0 Å². The zero-order chi connectivity index (χ0) is 16.2. The topological polar surface area (TPSA) is 63.9 Å². The number of hydrogen-bond acceptors (Lipinski definition) is 3. The number of aromatic amines is 1. The Morgan fingerprint density at radius 1 is 1.22 bits per heavy atom. The average molecular weight is 309 g/mol. The Labute approximate surface area is 136 Å². The van der Waals surface area contributed by atoms with E-state index in [1.54, 1.807) is 7.11 Å². The zero-order valence-corrected chi connectivity index (χ0v) is 13.7. The molecule has 2 aromatic heterocycles. The first kappa shape index (κ1) is 15.6. The Hall–Kier alpha value is -2.33. The maximum atomic E-state index is 5.66. The first-order chi connectivity index (χ1) is 11.2. The van der Waals surface area contributed by atoms with Crippen LogP contribution in [0.15, 0.2) is 36.5 Å². The lowest BCUT2D eigenvalue weighted by atomic mass is 10.0. The molecule has 4 heteroatoms. The minimum Gasteiger partial charge on any atom is -0.497 e. The van der Waals surface area contributed by atoms with Crippen LogP contribution in [0, 0.1) is 6.92 Å². The van der Waals surface area contributed by atoms with Crippen LogP contribution in [0.25, 0.3) is 22.3 Å². The van der Waals surface area contributed by atoms with E-state index in [1.807, 2.05) is 24.4 Å². The maximum Gasteiger partial charge on any atom is 0.119 e. The Morgan fingerprint density at radius 2 is 2.09 bits per heavy atom. The SMILES string of the molecule is COc1cc(C)c2[nH]c(-c3ccccn3)c(CCCCN)c2c1. The summed E-state index contributed by atoms with van der Waals surface area (Å²) in [7, 11) is 1.71. The molecule has 0 aliphatic rings. The molecule has 2 heterocycles.